The fraction of sp³-hybridized carbons (Fsp3) is 0.667. The van der Waals surface area contributed by atoms with Crippen LogP contribution in [-0.4, -0.2) is 37.9 Å². The van der Waals surface area contributed by atoms with E-state index in [-0.39, 0.29) is 11.3 Å². The fourth-order valence-electron chi connectivity index (χ4n) is 4.10. The van der Waals surface area contributed by atoms with E-state index in [2.05, 4.69) is 17.4 Å². The van der Waals surface area contributed by atoms with E-state index in [9.17, 15) is 9.90 Å². The van der Waals surface area contributed by atoms with Crippen molar-refractivity contribution in [3.63, 3.8) is 0 Å². The maximum absolute atomic E-state index is 11.6. The minimum Gasteiger partial charge on any atom is -0.481 e. The highest BCUT2D eigenvalue weighted by Crippen LogP contribution is 2.43. The van der Waals surface area contributed by atoms with Gasteiger partial charge in [-0.1, -0.05) is 36.6 Å². The maximum Gasteiger partial charge on any atom is 0.306 e. The van der Waals surface area contributed by atoms with Crippen molar-refractivity contribution in [2.45, 2.75) is 51.4 Å². The smallest absolute Gasteiger partial charge is 0.306 e. The summed E-state index contributed by atoms with van der Waals surface area (Å²) >= 11 is 5.92. The lowest BCUT2D eigenvalue weighted by molar-refractivity contribution is -0.143. The molecule has 1 aliphatic rings. The van der Waals surface area contributed by atoms with Gasteiger partial charge in [0.1, 0.15) is 0 Å². The summed E-state index contributed by atoms with van der Waals surface area (Å²) in [6, 6.07) is 8.02. The van der Waals surface area contributed by atoms with Gasteiger partial charge < -0.3 is 15.2 Å². The van der Waals surface area contributed by atoms with Crippen LogP contribution in [0.3, 0.4) is 0 Å². The first-order valence-electron chi connectivity index (χ1n) is 9.72. The van der Waals surface area contributed by atoms with Gasteiger partial charge in [0.15, 0.2) is 0 Å². The monoisotopic (exact) mass is 381 g/mol. The number of benzene rings is 1. The van der Waals surface area contributed by atoms with E-state index in [1.807, 2.05) is 12.1 Å². The first-order valence-corrected chi connectivity index (χ1v) is 10.1. The number of hydrogen-bond donors (Lipinski definition) is 2. The van der Waals surface area contributed by atoms with Crippen molar-refractivity contribution < 1.29 is 14.6 Å². The molecule has 146 valence electrons. The van der Waals surface area contributed by atoms with E-state index >= 15 is 0 Å². The van der Waals surface area contributed by atoms with Crippen LogP contribution >= 0.6 is 11.6 Å². The molecule has 1 aromatic carbocycles. The molecule has 1 fully saturated rings. The molecule has 2 rings (SSSR count). The fourth-order valence-corrected chi connectivity index (χ4v) is 4.22. The first kappa shape index (κ1) is 21.2. The lowest BCUT2D eigenvalue weighted by Crippen LogP contribution is -2.36. The van der Waals surface area contributed by atoms with Crippen molar-refractivity contribution in [2.75, 3.05) is 26.8 Å². The second-order valence-corrected chi connectivity index (χ2v) is 8.07. The molecule has 0 bridgehead atoms. The number of aryl methyl sites for hydroxylation is 1. The van der Waals surface area contributed by atoms with Crippen LogP contribution in [0.5, 0.6) is 0 Å². The standard InChI is InChI=1S/C21H32ClNO3/c1-26-14-10-18(20(24)25)15-21(11-2-3-12-21)16-23-13-4-5-17-6-8-19(22)9-7-17/h6-9,18,23H,2-5,10-16H2,1H3,(H,24,25). The third-order valence-corrected chi connectivity index (χ3v) is 5.85. The van der Waals surface area contributed by atoms with E-state index in [1.165, 1.54) is 18.4 Å². The number of ether oxygens (including phenoxy) is 1. The zero-order valence-corrected chi connectivity index (χ0v) is 16.6. The van der Waals surface area contributed by atoms with Crippen molar-refractivity contribution in [3.8, 4) is 0 Å². The second kappa shape index (κ2) is 10.9. The molecule has 1 unspecified atom stereocenters. The van der Waals surface area contributed by atoms with Gasteiger partial charge in [-0.25, -0.2) is 0 Å². The molecule has 0 saturated heterocycles. The van der Waals surface area contributed by atoms with E-state index in [1.54, 1.807) is 7.11 Å². The molecular weight excluding hydrogens is 350 g/mol. The predicted octanol–water partition coefficient (Wildman–Crippen LogP) is 4.55. The Morgan fingerprint density at radius 1 is 1.31 bits per heavy atom. The van der Waals surface area contributed by atoms with Crippen molar-refractivity contribution in [2.24, 2.45) is 11.3 Å². The predicted molar refractivity (Wildman–Crippen MR) is 106 cm³/mol. The summed E-state index contributed by atoms with van der Waals surface area (Å²) in [5.41, 5.74) is 1.44. The molecule has 0 heterocycles. The van der Waals surface area contributed by atoms with Crippen molar-refractivity contribution in [1.82, 2.24) is 5.32 Å². The number of carboxylic acid groups (broad SMARTS) is 1. The lowest BCUT2D eigenvalue weighted by Gasteiger charge is -2.32. The molecular formula is C21H32ClNO3. The summed E-state index contributed by atoms with van der Waals surface area (Å²) in [6.45, 7) is 2.39. The summed E-state index contributed by atoms with van der Waals surface area (Å²) in [5, 5.41) is 13.9. The molecule has 5 heteroatoms. The van der Waals surface area contributed by atoms with Crippen molar-refractivity contribution >= 4 is 17.6 Å². The summed E-state index contributed by atoms with van der Waals surface area (Å²) in [7, 11) is 1.63. The lowest BCUT2D eigenvalue weighted by atomic mass is 9.76. The molecule has 0 radical (unpaired) electrons. The first-order chi connectivity index (χ1) is 12.5. The Bertz CT molecular complexity index is 541. The van der Waals surface area contributed by atoms with Crippen LogP contribution < -0.4 is 5.32 Å². The van der Waals surface area contributed by atoms with Crippen LogP contribution in [0.1, 0.15) is 50.5 Å². The second-order valence-electron chi connectivity index (χ2n) is 7.63. The number of methoxy groups -OCH3 is 1. The summed E-state index contributed by atoms with van der Waals surface area (Å²) in [4.78, 5) is 11.6. The average Bonchev–Trinajstić information content (AvgIpc) is 3.08. The highest BCUT2D eigenvalue weighted by molar-refractivity contribution is 6.30. The summed E-state index contributed by atoms with van der Waals surface area (Å²) in [6.07, 6.45) is 8.15. The zero-order valence-electron chi connectivity index (χ0n) is 15.8. The number of rotatable bonds is 12. The maximum atomic E-state index is 11.6. The normalized spacial score (nSPS) is 17.3. The number of carbonyl (C=O) groups is 1. The number of carboxylic acids is 1. The zero-order chi connectivity index (χ0) is 18.8. The van der Waals surface area contributed by atoms with Gasteiger partial charge in [0, 0.05) is 25.3 Å². The van der Waals surface area contributed by atoms with E-state index < -0.39 is 5.97 Å². The molecule has 0 spiro atoms. The van der Waals surface area contributed by atoms with Crippen LogP contribution in [0, 0.1) is 11.3 Å². The van der Waals surface area contributed by atoms with Gasteiger partial charge in [0.2, 0.25) is 0 Å². The van der Waals surface area contributed by atoms with Crippen molar-refractivity contribution in [1.29, 1.82) is 0 Å². The molecule has 1 aliphatic carbocycles. The van der Waals surface area contributed by atoms with E-state index in [0.717, 1.165) is 50.2 Å². The molecule has 26 heavy (non-hydrogen) atoms. The molecule has 4 nitrogen and oxygen atoms in total. The average molecular weight is 382 g/mol. The highest BCUT2D eigenvalue weighted by Gasteiger charge is 2.37. The van der Waals surface area contributed by atoms with Crippen LogP contribution in [0.25, 0.3) is 0 Å². The molecule has 0 aliphatic heterocycles. The summed E-state index contributed by atoms with van der Waals surface area (Å²) < 4.78 is 5.10. The van der Waals surface area contributed by atoms with Gasteiger partial charge in [0.25, 0.3) is 0 Å². The molecule has 0 amide bonds. The molecule has 1 saturated carbocycles. The Morgan fingerprint density at radius 2 is 2.00 bits per heavy atom. The van der Waals surface area contributed by atoms with Crippen LogP contribution in [0.15, 0.2) is 24.3 Å². The number of halogens is 1. The van der Waals surface area contributed by atoms with Gasteiger partial charge in [-0.15, -0.1) is 0 Å². The van der Waals surface area contributed by atoms with Gasteiger partial charge in [-0.05, 0) is 68.2 Å². The Morgan fingerprint density at radius 3 is 2.62 bits per heavy atom. The quantitative estimate of drug-likeness (QED) is 0.521. The SMILES string of the molecule is COCCC(CC1(CNCCCc2ccc(Cl)cc2)CCCC1)C(=O)O. The van der Waals surface area contributed by atoms with Gasteiger partial charge in [-0.2, -0.15) is 0 Å². The minimum absolute atomic E-state index is 0.136. The largest absolute Gasteiger partial charge is 0.481 e. The molecule has 1 atom stereocenters. The van der Waals surface area contributed by atoms with Crippen LogP contribution in [0.2, 0.25) is 5.02 Å². The number of nitrogens with one attached hydrogen (secondary N) is 1. The number of aliphatic carboxylic acids is 1. The molecule has 2 N–H and O–H groups in total. The Hall–Kier alpha value is -1.10. The van der Waals surface area contributed by atoms with Gasteiger partial charge >= 0.3 is 5.97 Å². The topological polar surface area (TPSA) is 58.6 Å². The van der Waals surface area contributed by atoms with E-state index in [4.69, 9.17) is 16.3 Å². The minimum atomic E-state index is -0.684. The summed E-state index contributed by atoms with van der Waals surface area (Å²) in [5.74, 6) is -0.986. The molecule has 1 aromatic rings. The molecule has 0 aromatic heterocycles. The van der Waals surface area contributed by atoms with Crippen molar-refractivity contribution in [3.05, 3.63) is 34.9 Å². The van der Waals surface area contributed by atoms with Gasteiger partial charge in [-0.3, -0.25) is 4.79 Å². The third-order valence-electron chi connectivity index (χ3n) is 5.60. The number of hydrogen-bond acceptors (Lipinski definition) is 3. The van der Waals surface area contributed by atoms with E-state index in [0.29, 0.717) is 13.0 Å². The third kappa shape index (κ3) is 6.90. The van der Waals surface area contributed by atoms with Crippen LogP contribution in [-0.2, 0) is 16.0 Å². The Balaban J connectivity index is 1.77. The Labute approximate surface area is 162 Å². The van der Waals surface area contributed by atoms with Gasteiger partial charge in [0.05, 0.1) is 5.92 Å². The van der Waals surface area contributed by atoms with Crippen LogP contribution in [0.4, 0.5) is 0 Å². The highest BCUT2D eigenvalue weighted by atomic mass is 35.5. The Kier molecular flexibility index (Phi) is 8.89.